The van der Waals surface area contributed by atoms with Crippen molar-refractivity contribution in [3.8, 4) is 0 Å². The summed E-state index contributed by atoms with van der Waals surface area (Å²) in [5.41, 5.74) is 2.05. The number of nitrogens with zero attached hydrogens (tertiary/aromatic N) is 2. The molecule has 1 saturated heterocycles. The molecule has 0 aliphatic carbocycles. The molecular formula is C18H29N3O. The molecule has 0 radical (unpaired) electrons. The molecule has 1 atom stereocenters. The number of hydrogen-bond donors (Lipinski definition) is 1. The van der Waals surface area contributed by atoms with Gasteiger partial charge in [0, 0.05) is 44.3 Å². The lowest BCUT2D eigenvalue weighted by atomic mass is 10.1. The molecule has 0 unspecified atom stereocenters. The van der Waals surface area contributed by atoms with Crippen LogP contribution in [0.1, 0.15) is 36.2 Å². The summed E-state index contributed by atoms with van der Waals surface area (Å²) < 4.78 is 0. The Kier molecular flexibility index (Phi) is 6.40. The van der Waals surface area contributed by atoms with Crippen LogP contribution in [0.3, 0.4) is 0 Å². The van der Waals surface area contributed by atoms with E-state index in [-0.39, 0.29) is 5.91 Å². The first-order valence-corrected chi connectivity index (χ1v) is 8.40. The van der Waals surface area contributed by atoms with Crippen LogP contribution < -0.4 is 5.32 Å². The summed E-state index contributed by atoms with van der Waals surface area (Å²) in [6.45, 7) is 9.45. The van der Waals surface area contributed by atoms with Crippen LogP contribution in [0.5, 0.6) is 0 Å². The van der Waals surface area contributed by atoms with Gasteiger partial charge in [-0.25, -0.2) is 0 Å². The van der Waals surface area contributed by atoms with Gasteiger partial charge < -0.3 is 10.2 Å². The van der Waals surface area contributed by atoms with Crippen molar-refractivity contribution < 1.29 is 4.79 Å². The minimum absolute atomic E-state index is 0.0315. The Morgan fingerprint density at radius 3 is 2.41 bits per heavy atom. The van der Waals surface area contributed by atoms with Gasteiger partial charge in [-0.1, -0.05) is 25.5 Å². The van der Waals surface area contributed by atoms with E-state index in [9.17, 15) is 4.79 Å². The molecule has 0 aromatic heterocycles. The second-order valence-electron chi connectivity index (χ2n) is 6.35. The van der Waals surface area contributed by atoms with Gasteiger partial charge in [0.15, 0.2) is 0 Å². The van der Waals surface area contributed by atoms with Crippen LogP contribution in [-0.2, 0) is 6.42 Å². The average Bonchev–Trinajstić information content (AvgIpc) is 2.54. The van der Waals surface area contributed by atoms with Gasteiger partial charge in [0.05, 0.1) is 0 Å². The van der Waals surface area contributed by atoms with Crippen LogP contribution in [0.15, 0.2) is 24.3 Å². The third kappa shape index (κ3) is 4.82. The van der Waals surface area contributed by atoms with Gasteiger partial charge in [0.25, 0.3) is 5.91 Å². The molecule has 1 fully saturated rings. The number of hydrogen-bond acceptors (Lipinski definition) is 3. The fourth-order valence-electron chi connectivity index (χ4n) is 2.85. The maximum absolute atomic E-state index is 12.2. The zero-order chi connectivity index (χ0) is 15.9. The third-order valence-corrected chi connectivity index (χ3v) is 4.47. The van der Waals surface area contributed by atoms with E-state index in [1.165, 1.54) is 5.56 Å². The zero-order valence-corrected chi connectivity index (χ0v) is 14.1. The molecule has 22 heavy (non-hydrogen) atoms. The molecule has 1 amide bonds. The SMILES string of the molecule is CCCc1ccc(C(=O)NC[C@H](C)N2CCN(C)CC2)cc1. The standard InChI is InChI=1S/C18H29N3O/c1-4-5-16-6-8-17(9-7-16)18(22)19-14-15(2)21-12-10-20(3)11-13-21/h6-9,15H,4-5,10-14H2,1-3H3,(H,19,22)/t15-/m0/s1. The number of nitrogens with one attached hydrogen (secondary N) is 1. The molecule has 1 aromatic rings. The number of rotatable bonds is 6. The van der Waals surface area contributed by atoms with E-state index in [0.29, 0.717) is 12.6 Å². The van der Waals surface area contributed by atoms with E-state index >= 15 is 0 Å². The Hall–Kier alpha value is -1.39. The molecule has 0 saturated carbocycles. The summed E-state index contributed by atoms with van der Waals surface area (Å²) in [5.74, 6) is 0.0315. The van der Waals surface area contributed by atoms with Gasteiger partial charge in [-0.05, 0) is 38.1 Å². The highest BCUT2D eigenvalue weighted by molar-refractivity contribution is 5.94. The molecule has 2 rings (SSSR count). The van der Waals surface area contributed by atoms with Crippen LogP contribution in [0.2, 0.25) is 0 Å². The average molecular weight is 303 g/mol. The molecule has 0 spiro atoms. The predicted molar refractivity (Wildman–Crippen MR) is 91.3 cm³/mol. The maximum Gasteiger partial charge on any atom is 0.251 e. The second-order valence-corrected chi connectivity index (χ2v) is 6.35. The Bertz CT molecular complexity index is 464. The number of piperazine rings is 1. The van der Waals surface area contributed by atoms with Crippen molar-refractivity contribution in [2.75, 3.05) is 39.8 Å². The number of amides is 1. The Labute approximate surface area is 134 Å². The highest BCUT2D eigenvalue weighted by atomic mass is 16.1. The summed E-state index contributed by atoms with van der Waals surface area (Å²) >= 11 is 0. The normalized spacial score (nSPS) is 18.1. The molecule has 1 aliphatic rings. The van der Waals surface area contributed by atoms with Crippen molar-refractivity contribution in [2.24, 2.45) is 0 Å². The highest BCUT2D eigenvalue weighted by Gasteiger charge is 2.19. The van der Waals surface area contributed by atoms with E-state index in [4.69, 9.17) is 0 Å². The van der Waals surface area contributed by atoms with Crippen LogP contribution >= 0.6 is 0 Å². The fourth-order valence-corrected chi connectivity index (χ4v) is 2.85. The van der Waals surface area contributed by atoms with E-state index in [0.717, 1.165) is 44.6 Å². The van der Waals surface area contributed by atoms with Gasteiger partial charge in [0.1, 0.15) is 0 Å². The van der Waals surface area contributed by atoms with Gasteiger partial charge in [-0.3, -0.25) is 9.69 Å². The highest BCUT2D eigenvalue weighted by Crippen LogP contribution is 2.08. The number of benzene rings is 1. The summed E-state index contributed by atoms with van der Waals surface area (Å²) in [6, 6.07) is 8.36. The second kappa shape index (κ2) is 8.30. The minimum Gasteiger partial charge on any atom is -0.350 e. The number of carbonyl (C=O) groups is 1. The molecule has 4 nitrogen and oxygen atoms in total. The summed E-state index contributed by atoms with van der Waals surface area (Å²) in [7, 11) is 2.16. The van der Waals surface area contributed by atoms with E-state index < -0.39 is 0 Å². The Balaban J connectivity index is 1.79. The molecule has 1 N–H and O–H groups in total. The zero-order valence-electron chi connectivity index (χ0n) is 14.1. The van der Waals surface area contributed by atoms with Crippen LogP contribution in [0.4, 0.5) is 0 Å². The number of aryl methyl sites for hydroxylation is 1. The van der Waals surface area contributed by atoms with Gasteiger partial charge >= 0.3 is 0 Å². The van der Waals surface area contributed by atoms with Crippen LogP contribution in [0.25, 0.3) is 0 Å². The van der Waals surface area contributed by atoms with Crippen LogP contribution in [-0.4, -0.2) is 61.5 Å². The fraction of sp³-hybridized carbons (Fsp3) is 0.611. The quantitative estimate of drug-likeness (QED) is 0.873. The lowest BCUT2D eigenvalue weighted by Gasteiger charge is -2.36. The van der Waals surface area contributed by atoms with Gasteiger partial charge in [-0.2, -0.15) is 0 Å². The molecule has 4 heteroatoms. The summed E-state index contributed by atoms with van der Waals surface area (Å²) in [4.78, 5) is 17.0. The van der Waals surface area contributed by atoms with Crippen molar-refractivity contribution >= 4 is 5.91 Å². The number of carbonyl (C=O) groups excluding carboxylic acids is 1. The topological polar surface area (TPSA) is 35.6 Å². The monoisotopic (exact) mass is 303 g/mol. The first kappa shape index (κ1) is 17.0. The largest absolute Gasteiger partial charge is 0.350 e. The Morgan fingerprint density at radius 1 is 1.18 bits per heavy atom. The van der Waals surface area contributed by atoms with Crippen molar-refractivity contribution in [2.45, 2.75) is 32.7 Å². The van der Waals surface area contributed by atoms with Crippen molar-refractivity contribution in [3.05, 3.63) is 35.4 Å². The molecule has 1 aromatic carbocycles. The molecule has 1 aliphatic heterocycles. The first-order chi connectivity index (χ1) is 10.6. The first-order valence-electron chi connectivity index (χ1n) is 8.40. The van der Waals surface area contributed by atoms with Crippen molar-refractivity contribution in [3.63, 3.8) is 0 Å². The molecule has 122 valence electrons. The summed E-state index contributed by atoms with van der Waals surface area (Å²) in [6.07, 6.45) is 2.20. The lowest BCUT2D eigenvalue weighted by Crippen LogP contribution is -2.51. The van der Waals surface area contributed by atoms with Crippen molar-refractivity contribution in [1.82, 2.24) is 15.1 Å². The Morgan fingerprint density at radius 2 is 1.82 bits per heavy atom. The minimum atomic E-state index is 0.0315. The number of likely N-dealkylation sites (N-methyl/N-ethyl adjacent to an activating group) is 1. The predicted octanol–water partition coefficient (Wildman–Crippen LogP) is 2.00. The maximum atomic E-state index is 12.2. The van der Waals surface area contributed by atoms with E-state index in [1.807, 2.05) is 12.1 Å². The van der Waals surface area contributed by atoms with Gasteiger partial charge in [-0.15, -0.1) is 0 Å². The molecule has 0 bridgehead atoms. The van der Waals surface area contributed by atoms with E-state index in [2.05, 4.69) is 48.1 Å². The summed E-state index contributed by atoms with van der Waals surface area (Å²) in [5, 5.41) is 3.06. The molecular weight excluding hydrogens is 274 g/mol. The lowest BCUT2D eigenvalue weighted by molar-refractivity contribution is 0.0903. The van der Waals surface area contributed by atoms with E-state index in [1.54, 1.807) is 0 Å². The smallest absolute Gasteiger partial charge is 0.251 e. The van der Waals surface area contributed by atoms with Crippen LogP contribution in [0, 0.1) is 0 Å². The van der Waals surface area contributed by atoms with Crippen molar-refractivity contribution in [1.29, 1.82) is 0 Å². The van der Waals surface area contributed by atoms with Gasteiger partial charge in [0.2, 0.25) is 0 Å². The third-order valence-electron chi connectivity index (χ3n) is 4.47. The molecule has 1 heterocycles.